The number of anilines is 2. The molecule has 0 spiro atoms. The second-order valence-corrected chi connectivity index (χ2v) is 9.11. The van der Waals surface area contributed by atoms with Crippen molar-refractivity contribution in [3.8, 4) is 0 Å². The van der Waals surface area contributed by atoms with E-state index in [1.807, 2.05) is 32.0 Å². The van der Waals surface area contributed by atoms with E-state index in [9.17, 15) is 13.2 Å². The molecule has 0 bridgehead atoms. The van der Waals surface area contributed by atoms with Gasteiger partial charge in [-0.05, 0) is 79.6 Å². The molecule has 0 saturated carbocycles. The van der Waals surface area contributed by atoms with E-state index in [0.29, 0.717) is 10.7 Å². The van der Waals surface area contributed by atoms with Gasteiger partial charge in [0.25, 0.3) is 15.9 Å². The standard InChI is InChI=1S/C21H18Cl2N2O3S/c1-13-9-14(2)11-17(10-13)24-21(26)19-8-5-16(12-20(19)23)25-29(27,28)18-6-3-15(22)4-7-18/h3-12,25H,1-2H3,(H,24,26). The van der Waals surface area contributed by atoms with Crippen molar-refractivity contribution in [3.05, 3.63) is 87.4 Å². The molecule has 0 atom stereocenters. The molecule has 0 unspecified atom stereocenters. The largest absolute Gasteiger partial charge is 0.322 e. The van der Waals surface area contributed by atoms with Gasteiger partial charge in [-0.15, -0.1) is 0 Å². The predicted molar refractivity (Wildman–Crippen MR) is 118 cm³/mol. The third-order valence-corrected chi connectivity index (χ3v) is 6.03. The maximum Gasteiger partial charge on any atom is 0.261 e. The number of nitrogens with one attached hydrogen (secondary N) is 2. The molecule has 5 nitrogen and oxygen atoms in total. The quantitative estimate of drug-likeness (QED) is 0.528. The summed E-state index contributed by atoms with van der Waals surface area (Å²) in [5.41, 5.74) is 3.20. The summed E-state index contributed by atoms with van der Waals surface area (Å²) >= 11 is 12.0. The monoisotopic (exact) mass is 448 g/mol. The Balaban J connectivity index is 1.79. The van der Waals surface area contributed by atoms with E-state index in [1.165, 1.54) is 42.5 Å². The molecule has 3 aromatic rings. The van der Waals surface area contributed by atoms with Gasteiger partial charge in [0.15, 0.2) is 0 Å². The van der Waals surface area contributed by atoms with Crippen molar-refractivity contribution in [3.63, 3.8) is 0 Å². The van der Waals surface area contributed by atoms with Gasteiger partial charge in [-0.1, -0.05) is 29.3 Å². The topological polar surface area (TPSA) is 75.3 Å². The fraction of sp³-hybridized carbons (Fsp3) is 0.0952. The van der Waals surface area contributed by atoms with E-state index < -0.39 is 10.0 Å². The van der Waals surface area contributed by atoms with Crippen LogP contribution in [0, 0.1) is 13.8 Å². The zero-order valence-corrected chi connectivity index (χ0v) is 18.0. The summed E-state index contributed by atoms with van der Waals surface area (Å²) in [6.45, 7) is 3.88. The second kappa shape index (κ2) is 8.45. The third-order valence-electron chi connectivity index (χ3n) is 4.07. The Hall–Kier alpha value is -2.54. The Bertz CT molecular complexity index is 1160. The minimum absolute atomic E-state index is 0.0645. The molecule has 0 aromatic heterocycles. The SMILES string of the molecule is Cc1cc(C)cc(NC(=O)c2ccc(NS(=O)(=O)c3ccc(Cl)cc3)cc2Cl)c1. The molecule has 29 heavy (non-hydrogen) atoms. The van der Waals surface area contributed by atoms with Gasteiger partial charge in [-0.2, -0.15) is 0 Å². The van der Waals surface area contributed by atoms with Crippen LogP contribution >= 0.6 is 23.2 Å². The molecule has 0 heterocycles. The number of amides is 1. The summed E-state index contributed by atoms with van der Waals surface area (Å²) < 4.78 is 27.4. The molecule has 2 N–H and O–H groups in total. The summed E-state index contributed by atoms with van der Waals surface area (Å²) in [5, 5.41) is 3.37. The van der Waals surface area contributed by atoms with Crippen molar-refractivity contribution in [1.29, 1.82) is 0 Å². The summed E-state index contributed by atoms with van der Waals surface area (Å²) in [6, 6.07) is 15.8. The van der Waals surface area contributed by atoms with Crippen molar-refractivity contribution in [2.45, 2.75) is 18.7 Å². The van der Waals surface area contributed by atoms with Gasteiger partial charge in [-0.3, -0.25) is 9.52 Å². The molecular weight excluding hydrogens is 431 g/mol. The van der Waals surface area contributed by atoms with Gasteiger partial charge in [0, 0.05) is 10.7 Å². The first-order valence-electron chi connectivity index (χ1n) is 8.62. The number of carbonyl (C=O) groups is 1. The van der Waals surface area contributed by atoms with Gasteiger partial charge in [0.1, 0.15) is 0 Å². The van der Waals surface area contributed by atoms with Crippen LogP contribution in [0.25, 0.3) is 0 Å². The highest BCUT2D eigenvalue weighted by Crippen LogP contribution is 2.25. The van der Waals surface area contributed by atoms with E-state index in [-0.39, 0.29) is 27.1 Å². The molecule has 0 fully saturated rings. The highest BCUT2D eigenvalue weighted by Gasteiger charge is 2.16. The maximum absolute atomic E-state index is 12.6. The van der Waals surface area contributed by atoms with Gasteiger partial charge in [0.2, 0.25) is 0 Å². The summed E-state index contributed by atoms with van der Waals surface area (Å²) in [7, 11) is -3.81. The molecule has 3 aromatic carbocycles. The number of halogens is 2. The molecule has 0 radical (unpaired) electrons. The first kappa shape index (κ1) is 21.2. The number of carbonyl (C=O) groups excluding carboxylic acids is 1. The molecule has 150 valence electrons. The maximum atomic E-state index is 12.6. The molecular formula is C21H18Cl2N2O3S. The van der Waals surface area contributed by atoms with Gasteiger partial charge < -0.3 is 5.32 Å². The van der Waals surface area contributed by atoms with Crippen molar-refractivity contribution in [2.24, 2.45) is 0 Å². The lowest BCUT2D eigenvalue weighted by atomic mass is 10.1. The Kier molecular flexibility index (Phi) is 6.17. The molecule has 1 amide bonds. The van der Waals surface area contributed by atoms with Crippen LogP contribution in [0.2, 0.25) is 10.0 Å². The average Bonchev–Trinajstić information content (AvgIpc) is 2.60. The lowest BCUT2D eigenvalue weighted by Crippen LogP contribution is -2.15. The highest BCUT2D eigenvalue weighted by atomic mass is 35.5. The fourth-order valence-electron chi connectivity index (χ4n) is 2.84. The van der Waals surface area contributed by atoms with Gasteiger partial charge >= 0.3 is 0 Å². The molecule has 0 aliphatic carbocycles. The number of aryl methyl sites for hydroxylation is 2. The van der Waals surface area contributed by atoms with Crippen LogP contribution in [-0.4, -0.2) is 14.3 Å². The minimum atomic E-state index is -3.81. The van der Waals surface area contributed by atoms with Crippen LogP contribution in [0.4, 0.5) is 11.4 Å². The van der Waals surface area contributed by atoms with Crippen LogP contribution in [0.5, 0.6) is 0 Å². The molecule has 0 saturated heterocycles. The summed E-state index contributed by atoms with van der Waals surface area (Å²) in [4.78, 5) is 12.6. The molecule has 0 aliphatic rings. The van der Waals surface area contributed by atoms with E-state index in [0.717, 1.165) is 11.1 Å². The number of hydrogen-bond acceptors (Lipinski definition) is 3. The van der Waals surface area contributed by atoms with Crippen LogP contribution in [0.1, 0.15) is 21.5 Å². The Labute approximate surface area is 179 Å². The second-order valence-electron chi connectivity index (χ2n) is 6.58. The normalized spacial score (nSPS) is 11.2. The van der Waals surface area contributed by atoms with Crippen molar-refractivity contribution >= 4 is 50.5 Å². The number of hydrogen-bond donors (Lipinski definition) is 2. The van der Waals surface area contributed by atoms with Crippen LogP contribution in [-0.2, 0) is 10.0 Å². The zero-order chi connectivity index (χ0) is 21.2. The van der Waals surface area contributed by atoms with Crippen LogP contribution in [0.15, 0.2) is 65.6 Å². The summed E-state index contributed by atoms with van der Waals surface area (Å²) in [6.07, 6.45) is 0. The van der Waals surface area contributed by atoms with Crippen molar-refractivity contribution < 1.29 is 13.2 Å². The van der Waals surface area contributed by atoms with E-state index >= 15 is 0 Å². The van der Waals surface area contributed by atoms with E-state index in [1.54, 1.807) is 0 Å². The first-order chi connectivity index (χ1) is 13.6. The zero-order valence-electron chi connectivity index (χ0n) is 15.7. The lowest BCUT2D eigenvalue weighted by molar-refractivity contribution is 0.102. The first-order valence-corrected chi connectivity index (χ1v) is 10.9. The van der Waals surface area contributed by atoms with Crippen molar-refractivity contribution in [2.75, 3.05) is 10.0 Å². The third kappa shape index (κ3) is 5.29. The Morgan fingerprint density at radius 3 is 2.03 bits per heavy atom. The van der Waals surface area contributed by atoms with Gasteiger partial charge in [0.05, 0.1) is 21.2 Å². The number of rotatable bonds is 5. The van der Waals surface area contributed by atoms with Crippen LogP contribution in [0.3, 0.4) is 0 Å². The Morgan fingerprint density at radius 1 is 0.828 bits per heavy atom. The molecule has 3 rings (SSSR count). The predicted octanol–water partition coefficient (Wildman–Crippen LogP) is 5.66. The smallest absolute Gasteiger partial charge is 0.261 e. The van der Waals surface area contributed by atoms with E-state index in [4.69, 9.17) is 23.2 Å². The lowest BCUT2D eigenvalue weighted by Gasteiger charge is -2.11. The average molecular weight is 449 g/mol. The summed E-state index contributed by atoms with van der Waals surface area (Å²) in [5.74, 6) is -0.382. The minimum Gasteiger partial charge on any atom is -0.322 e. The van der Waals surface area contributed by atoms with Crippen LogP contribution < -0.4 is 10.0 Å². The highest BCUT2D eigenvalue weighted by molar-refractivity contribution is 7.92. The molecule has 0 aliphatic heterocycles. The Morgan fingerprint density at radius 2 is 1.45 bits per heavy atom. The molecule has 8 heteroatoms. The van der Waals surface area contributed by atoms with E-state index in [2.05, 4.69) is 10.0 Å². The van der Waals surface area contributed by atoms with Gasteiger partial charge in [-0.25, -0.2) is 8.42 Å². The fourth-order valence-corrected chi connectivity index (χ4v) is 4.28. The number of benzene rings is 3. The number of sulfonamides is 1. The van der Waals surface area contributed by atoms with Crippen molar-refractivity contribution in [1.82, 2.24) is 0 Å².